The lowest BCUT2D eigenvalue weighted by Gasteiger charge is -1.94. The Hall–Kier alpha value is -1.53. The van der Waals surface area contributed by atoms with Gasteiger partial charge in [0.2, 0.25) is 0 Å². The number of rotatable bonds is 4. The van der Waals surface area contributed by atoms with Crippen molar-refractivity contribution in [2.24, 2.45) is 5.11 Å². The lowest BCUT2D eigenvalue weighted by molar-refractivity contribution is 0.600. The second-order valence-corrected chi connectivity index (χ2v) is 4.68. The standard InChI is InChI=1S/C6H9N5O2S/c1-14(12,13)6-4-9-11(5-6)3-2-8-10-7/h4-5H,2-3H2,1H3. The monoisotopic (exact) mass is 215 g/mol. The third kappa shape index (κ3) is 2.75. The van der Waals surface area contributed by atoms with E-state index in [4.69, 9.17) is 5.53 Å². The summed E-state index contributed by atoms with van der Waals surface area (Å²) in [6.45, 7) is 0.626. The van der Waals surface area contributed by atoms with Gasteiger partial charge >= 0.3 is 0 Å². The molecule has 7 nitrogen and oxygen atoms in total. The largest absolute Gasteiger partial charge is 0.271 e. The van der Waals surface area contributed by atoms with Gasteiger partial charge in [-0.1, -0.05) is 5.11 Å². The van der Waals surface area contributed by atoms with Gasteiger partial charge in [0.25, 0.3) is 0 Å². The fraction of sp³-hybridized carbons (Fsp3) is 0.500. The van der Waals surface area contributed by atoms with Gasteiger partial charge in [0.1, 0.15) is 4.90 Å². The van der Waals surface area contributed by atoms with E-state index >= 15 is 0 Å². The molecular weight excluding hydrogens is 206 g/mol. The molecule has 1 aromatic rings. The van der Waals surface area contributed by atoms with Gasteiger partial charge in [-0.15, -0.1) is 0 Å². The first kappa shape index (κ1) is 10.6. The molecule has 0 radical (unpaired) electrons. The van der Waals surface area contributed by atoms with Gasteiger partial charge in [0, 0.05) is 30.5 Å². The number of nitrogens with zero attached hydrogens (tertiary/aromatic N) is 5. The van der Waals surface area contributed by atoms with E-state index < -0.39 is 9.84 Å². The Labute approximate surface area is 80.9 Å². The van der Waals surface area contributed by atoms with Crippen molar-refractivity contribution in [3.63, 3.8) is 0 Å². The highest BCUT2D eigenvalue weighted by atomic mass is 32.2. The molecule has 0 aliphatic carbocycles. The van der Waals surface area contributed by atoms with Crippen molar-refractivity contribution in [2.75, 3.05) is 12.8 Å². The zero-order valence-electron chi connectivity index (χ0n) is 7.53. The highest BCUT2D eigenvalue weighted by molar-refractivity contribution is 7.90. The van der Waals surface area contributed by atoms with Crippen LogP contribution in [0.1, 0.15) is 0 Å². The fourth-order valence-corrected chi connectivity index (χ4v) is 1.40. The Morgan fingerprint density at radius 3 is 2.93 bits per heavy atom. The zero-order valence-corrected chi connectivity index (χ0v) is 8.35. The maximum absolute atomic E-state index is 11.0. The van der Waals surface area contributed by atoms with Crippen LogP contribution in [0.15, 0.2) is 22.4 Å². The van der Waals surface area contributed by atoms with Crippen molar-refractivity contribution in [1.82, 2.24) is 9.78 Å². The molecule has 0 bridgehead atoms. The zero-order chi connectivity index (χ0) is 10.6. The van der Waals surface area contributed by atoms with E-state index in [-0.39, 0.29) is 11.4 Å². The lowest BCUT2D eigenvalue weighted by Crippen LogP contribution is -2.01. The van der Waals surface area contributed by atoms with Crippen molar-refractivity contribution in [3.05, 3.63) is 22.8 Å². The van der Waals surface area contributed by atoms with Crippen LogP contribution in [0.4, 0.5) is 0 Å². The molecular formula is C6H9N5O2S. The molecule has 14 heavy (non-hydrogen) atoms. The fourth-order valence-electron chi connectivity index (χ4n) is 0.850. The molecule has 0 amide bonds. The minimum atomic E-state index is -3.20. The molecule has 0 atom stereocenters. The van der Waals surface area contributed by atoms with Crippen LogP contribution < -0.4 is 0 Å². The maximum Gasteiger partial charge on any atom is 0.178 e. The van der Waals surface area contributed by atoms with Gasteiger partial charge in [-0.2, -0.15) is 5.10 Å². The number of hydrogen-bond donors (Lipinski definition) is 0. The Morgan fingerprint density at radius 1 is 1.71 bits per heavy atom. The minimum Gasteiger partial charge on any atom is -0.271 e. The van der Waals surface area contributed by atoms with Crippen molar-refractivity contribution in [1.29, 1.82) is 0 Å². The van der Waals surface area contributed by atoms with Crippen molar-refractivity contribution in [3.8, 4) is 0 Å². The van der Waals surface area contributed by atoms with Crippen LogP contribution in [-0.4, -0.2) is 31.0 Å². The third-order valence-corrected chi connectivity index (χ3v) is 2.60. The van der Waals surface area contributed by atoms with Crippen molar-refractivity contribution < 1.29 is 8.42 Å². The first-order valence-corrected chi connectivity index (χ1v) is 5.66. The molecule has 0 saturated carbocycles. The molecule has 0 aliphatic rings. The summed E-state index contributed by atoms with van der Waals surface area (Å²) >= 11 is 0. The van der Waals surface area contributed by atoms with Gasteiger partial charge in [-0.05, 0) is 5.53 Å². The molecule has 1 aromatic heterocycles. The van der Waals surface area contributed by atoms with E-state index in [0.29, 0.717) is 6.54 Å². The summed E-state index contributed by atoms with van der Waals surface area (Å²) in [5.74, 6) is 0. The summed E-state index contributed by atoms with van der Waals surface area (Å²) in [5.41, 5.74) is 8.01. The highest BCUT2D eigenvalue weighted by Crippen LogP contribution is 2.05. The molecule has 76 valence electrons. The molecule has 0 saturated heterocycles. The molecule has 1 rings (SSSR count). The average Bonchev–Trinajstić information content (AvgIpc) is 2.52. The Balaban J connectivity index is 2.74. The quantitative estimate of drug-likeness (QED) is 0.417. The van der Waals surface area contributed by atoms with Crippen LogP contribution in [0, 0.1) is 0 Å². The first-order valence-electron chi connectivity index (χ1n) is 3.77. The highest BCUT2D eigenvalue weighted by Gasteiger charge is 2.08. The molecule has 0 aromatic carbocycles. The molecule has 8 heteroatoms. The second kappa shape index (κ2) is 4.12. The molecule has 0 aliphatic heterocycles. The average molecular weight is 215 g/mol. The summed E-state index contributed by atoms with van der Waals surface area (Å²) in [6.07, 6.45) is 3.79. The Kier molecular flexibility index (Phi) is 3.10. The van der Waals surface area contributed by atoms with Crippen LogP contribution in [-0.2, 0) is 16.4 Å². The molecule has 0 N–H and O–H groups in total. The third-order valence-electron chi connectivity index (χ3n) is 1.53. The molecule has 0 fully saturated rings. The van der Waals surface area contributed by atoms with Gasteiger partial charge in [-0.25, -0.2) is 8.42 Å². The van der Waals surface area contributed by atoms with Crippen molar-refractivity contribution in [2.45, 2.75) is 11.4 Å². The normalized spacial score (nSPS) is 10.9. The summed E-state index contributed by atoms with van der Waals surface area (Å²) in [4.78, 5) is 2.74. The van der Waals surface area contributed by atoms with Gasteiger partial charge in [0.05, 0.1) is 6.20 Å². The van der Waals surface area contributed by atoms with Crippen LogP contribution in [0.2, 0.25) is 0 Å². The predicted molar refractivity (Wildman–Crippen MR) is 49.3 cm³/mol. The summed E-state index contributed by atoms with van der Waals surface area (Å²) < 4.78 is 23.5. The molecule has 0 unspecified atom stereocenters. The van der Waals surface area contributed by atoms with Crippen LogP contribution >= 0.6 is 0 Å². The maximum atomic E-state index is 11.0. The second-order valence-electron chi connectivity index (χ2n) is 2.67. The van der Waals surface area contributed by atoms with E-state index in [2.05, 4.69) is 15.1 Å². The van der Waals surface area contributed by atoms with Crippen LogP contribution in [0.25, 0.3) is 10.4 Å². The van der Waals surface area contributed by atoms with E-state index in [9.17, 15) is 8.42 Å². The number of sulfone groups is 1. The first-order chi connectivity index (χ1) is 6.54. The smallest absolute Gasteiger partial charge is 0.178 e. The predicted octanol–water partition coefficient (Wildman–Crippen LogP) is 0.597. The topological polar surface area (TPSA) is 101 Å². The van der Waals surface area contributed by atoms with E-state index in [0.717, 1.165) is 6.26 Å². The van der Waals surface area contributed by atoms with Crippen LogP contribution in [0.3, 0.4) is 0 Å². The number of aromatic nitrogens is 2. The van der Waals surface area contributed by atoms with E-state index in [1.54, 1.807) is 0 Å². The van der Waals surface area contributed by atoms with E-state index in [1.807, 2.05) is 0 Å². The molecule has 0 spiro atoms. The van der Waals surface area contributed by atoms with Crippen LogP contribution in [0.5, 0.6) is 0 Å². The van der Waals surface area contributed by atoms with Gasteiger partial charge in [-0.3, -0.25) is 4.68 Å². The molecule has 1 heterocycles. The van der Waals surface area contributed by atoms with Gasteiger partial charge < -0.3 is 0 Å². The SMILES string of the molecule is CS(=O)(=O)c1cnn(CCN=[N+]=[N-])c1. The number of hydrogen-bond acceptors (Lipinski definition) is 4. The Bertz CT molecular complexity index is 456. The minimum absolute atomic E-state index is 0.165. The van der Waals surface area contributed by atoms with E-state index in [1.165, 1.54) is 17.1 Å². The summed E-state index contributed by atoms with van der Waals surface area (Å²) in [6, 6.07) is 0. The number of azide groups is 1. The Morgan fingerprint density at radius 2 is 2.43 bits per heavy atom. The summed E-state index contributed by atoms with van der Waals surface area (Å²) in [7, 11) is -3.20. The lowest BCUT2D eigenvalue weighted by atomic mass is 10.6. The summed E-state index contributed by atoms with van der Waals surface area (Å²) in [5, 5.41) is 7.12. The van der Waals surface area contributed by atoms with Gasteiger partial charge in [0.15, 0.2) is 9.84 Å². The van der Waals surface area contributed by atoms with Crippen molar-refractivity contribution >= 4 is 9.84 Å².